The molecule has 3 N–H and O–H groups in total. The van der Waals surface area contributed by atoms with Crippen LogP contribution < -0.4 is 15.4 Å². The number of aromatic hydroxyl groups is 1. The molecule has 3 aromatic rings. The van der Waals surface area contributed by atoms with E-state index in [0.717, 1.165) is 18.3 Å². The lowest BCUT2D eigenvalue weighted by atomic mass is 10.00. The highest BCUT2D eigenvalue weighted by molar-refractivity contribution is 6.09. The van der Waals surface area contributed by atoms with Crippen molar-refractivity contribution in [3.05, 3.63) is 54.0 Å². The third-order valence-electron chi connectivity index (χ3n) is 4.89. The number of hydrogen-bond donors (Lipinski definition) is 3. The van der Waals surface area contributed by atoms with Crippen LogP contribution in [0.25, 0.3) is 10.8 Å². The Morgan fingerprint density at radius 2 is 2.03 bits per heavy atom. The minimum atomic E-state index is -4.59. The van der Waals surface area contributed by atoms with Crippen molar-refractivity contribution < 1.29 is 32.6 Å². The van der Waals surface area contributed by atoms with Gasteiger partial charge < -0.3 is 19.7 Å². The maximum Gasteiger partial charge on any atom is 0.433 e. The van der Waals surface area contributed by atoms with Crippen molar-refractivity contribution >= 4 is 22.7 Å². The SMILES string of the molecule is COc1ccc2cn(C[C@@]3(C#Cc4ccc(C(F)(F)F)nc4)NC(=O)NC3=O)c(O)c2c1. The minimum Gasteiger partial charge on any atom is -0.497 e. The van der Waals surface area contributed by atoms with E-state index < -0.39 is 29.3 Å². The van der Waals surface area contributed by atoms with Crippen molar-refractivity contribution in [3.8, 4) is 23.5 Å². The molecule has 0 unspecified atom stereocenters. The number of imide groups is 1. The van der Waals surface area contributed by atoms with Crippen LogP contribution in [0, 0.1) is 11.8 Å². The summed E-state index contributed by atoms with van der Waals surface area (Å²) in [6.45, 7) is -0.255. The van der Waals surface area contributed by atoms with E-state index in [1.807, 2.05) is 0 Å². The van der Waals surface area contributed by atoms with Gasteiger partial charge >= 0.3 is 12.2 Å². The molecule has 3 amide bonds. The zero-order valence-corrected chi connectivity index (χ0v) is 16.4. The molecular weight excluding hydrogens is 429 g/mol. The molecule has 0 radical (unpaired) electrons. The van der Waals surface area contributed by atoms with Crippen molar-refractivity contribution in [1.82, 2.24) is 20.2 Å². The number of halogens is 3. The fraction of sp³-hybridized carbons (Fsp3) is 0.190. The number of aromatic nitrogens is 2. The van der Waals surface area contributed by atoms with Gasteiger partial charge in [-0.15, -0.1) is 0 Å². The van der Waals surface area contributed by atoms with Crippen molar-refractivity contribution in [2.24, 2.45) is 0 Å². The van der Waals surface area contributed by atoms with Crippen LogP contribution in [0.3, 0.4) is 0 Å². The van der Waals surface area contributed by atoms with E-state index in [0.29, 0.717) is 16.5 Å². The van der Waals surface area contributed by atoms with Crippen molar-refractivity contribution in [2.45, 2.75) is 18.3 Å². The molecule has 0 saturated carbocycles. The maximum absolute atomic E-state index is 12.7. The molecular formula is C21H15F3N4O4. The van der Waals surface area contributed by atoms with Gasteiger partial charge in [0.15, 0.2) is 5.88 Å². The summed E-state index contributed by atoms with van der Waals surface area (Å²) in [6, 6.07) is 6.11. The lowest BCUT2D eigenvalue weighted by Gasteiger charge is -2.20. The van der Waals surface area contributed by atoms with Gasteiger partial charge in [-0.1, -0.05) is 11.8 Å². The van der Waals surface area contributed by atoms with E-state index in [1.165, 1.54) is 11.7 Å². The van der Waals surface area contributed by atoms with E-state index >= 15 is 0 Å². The molecule has 1 fully saturated rings. The highest BCUT2D eigenvalue weighted by atomic mass is 19.4. The third kappa shape index (κ3) is 3.78. The van der Waals surface area contributed by atoms with Gasteiger partial charge in [0.05, 0.1) is 13.7 Å². The van der Waals surface area contributed by atoms with E-state index in [1.54, 1.807) is 24.4 Å². The van der Waals surface area contributed by atoms with Crippen LogP contribution in [0.4, 0.5) is 18.0 Å². The molecule has 1 saturated heterocycles. The molecule has 1 aromatic carbocycles. The fourth-order valence-electron chi connectivity index (χ4n) is 3.27. The Bertz CT molecular complexity index is 1290. The number of ether oxygens (including phenoxy) is 1. The number of benzene rings is 1. The number of amides is 3. The first-order valence-corrected chi connectivity index (χ1v) is 9.17. The molecule has 0 bridgehead atoms. The molecule has 4 rings (SSSR count). The number of hydrogen-bond acceptors (Lipinski definition) is 5. The van der Waals surface area contributed by atoms with Crippen molar-refractivity contribution in [1.29, 1.82) is 0 Å². The summed E-state index contributed by atoms with van der Waals surface area (Å²) in [5, 5.41) is 16.3. The summed E-state index contributed by atoms with van der Waals surface area (Å²) in [6.07, 6.45) is -2.10. The molecule has 11 heteroatoms. The second-order valence-corrected chi connectivity index (χ2v) is 7.03. The monoisotopic (exact) mass is 444 g/mol. The maximum atomic E-state index is 12.7. The van der Waals surface area contributed by atoms with Crippen LogP contribution in [0.1, 0.15) is 11.3 Å². The summed E-state index contributed by atoms with van der Waals surface area (Å²) in [5.74, 6) is 4.78. The average molecular weight is 444 g/mol. The topological polar surface area (TPSA) is 105 Å². The number of pyridine rings is 1. The molecule has 1 atom stereocenters. The number of nitrogens with one attached hydrogen (secondary N) is 2. The second-order valence-electron chi connectivity index (χ2n) is 7.03. The largest absolute Gasteiger partial charge is 0.497 e. The smallest absolute Gasteiger partial charge is 0.433 e. The van der Waals surface area contributed by atoms with Gasteiger partial charge in [-0.2, -0.15) is 13.2 Å². The summed E-state index contributed by atoms with van der Waals surface area (Å²) < 4.78 is 44.6. The lowest BCUT2D eigenvalue weighted by molar-refractivity contribution is -0.141. The van der Waals surface area contributed by atoms with Gasteiger partial charge in [0, 0.05) is 28.7 Å². The predicted molar refractivity (Wildman–Crippen MR) is 106 cm³/mol. The van der Waals surface area contributed by atoms with E-state index in [9.17, 15) is 27.9 Å². The normalized spacial score (nSPS) is 18.1. The summed E-state index contributed by atoms with van der Waals surface area (Å²) in [7, 11) is 1.48. The highest BCUT2D eigenvalue weighted by Gasteiger charge is 2.46. The van der Waals surface area contributed by atoms with Gasteiger partial charge in [0.2, 0.25) is 5.54 Å². The Balaban J connectivity index is 1.71. The van der Waals surface area contributed by atoms with Crippen molar-refractivity contribution in [3.63, 3.8) is 0 Å². The van der Waals surface area contributed by atoms with Crippen LogP contribution >= 0.6 is 0 Å². The molecule has 0 spiro atoms. The predicted octanol–water partition coefficient (Wildman–Crippen LogP) is 2.40. The zero-order valence-electron chi connectivity index (χ0n) is 16.4. The number of rotatable bonds is 3. The Kier molecular flexibility index (Phi) is 4.93. The Labute approximate surface area is 179 Å². The number of nitrogens with zero attached hydrogens (tertiary/aromatic N) is 2. The molecule has 0 aliphatic carbocycles. The fourth-order valence-corrected chi connectivity index (χ4v) is 3.27. The van der Waals surface area contributed by atoms with Gasteiger partial charge in [-0.3, -0.25) is 15.1 Å². The first-order chi connectivity index (χ1) is 15.1. The summed E-state index contributed by atoms with van der Waals surface area (Å²) in [4.78, 5) is 27.7. The van der Waals surface area contributed by atoms with Crippen LogP contribution in [0.15, 0.2) is 42.7 Å². The van der Waals surface area contributed by atoms with Gasteiger partial charge in [-0.05, 0) is 30.3 Å². The Morgan fingerprint density at radius 3 is 2.62 bits per heavy atom. The number of carbonyl (C=O) groups is 2. The van der Waals surface area contributed by atoms with E-state index in [2.05, 4.69) is 27.5 Å². The molecule has 8 nitrogen and oxygen atoms in total. The van der Waals surface area contributed by atoms with Gasteiger partial charge in [0.25, 0.3) is 5.91 Å². The van der Waals surface area contributed by atoms with Gasteiger partial charge in [0.1, 0.15) is 11.4 Å². The molecule has 32 heavy (non-hydrogen) atoms. The second kappa shape index (κ2) is 7.49. The number of carbonyl (C=O) groups excluding carboxylic acids is 2. The van der Waals surface area contributed by atoms with Crippen LogP contribution in [0.5, 0.6) is 11.6 Å². The Morgan fingerprint density at radius 1 is 1.25 bits per heavy atom. The number of alkyl halides is 3. The average Bonchev–Trinajstić information content (AvgIpc) is 3.21. The molecule has 164 valence electrons. The lowest BCUT2D eigenvalue weighted by Crippen LogP contribution is -2.49. The number of urea groups is 1. The first kappa shape index (κ1) is 21.0. The van der Waals surface area contributed by atoms with Crippen LogP contribution in [-0.2, 0) is 17.5 Å². The summed E-state index contributed by atoms with van der Waals surface area (Å²) >= 11 is 0. The molecule has 1 aliphatic rings. The van der Waals surface area contributed by atoms with Crippen LogP contribution in [-0.4, -0.2) is 39.2 Å². The van der Waals surface area contributed by atoms with Crippen LogP contribution in [0.2, 0.25) is 0 Å². The van der Waals surface area contributed by atoms with Crippen molar-refractivity contribution in [2.75, 3.05) is 7.11 Å². The van der Waals surface area contributed by atoms with E-state index in [-0.39, 0.29) is 18.0 Å². The number of methoxy groups -OCH3 is 1. The first-order valence-electron chi connectivity index (χ1n) is 9.17. The molecule has 2 aromatic heterocycles. The third-order valence-corrected chi connectivity index (χ3v) is 4.89. The van der Waals surface area contributed by atoms with Gasteiger partial charge in [-0.25, -0.2) is 4.79 Å². The van der Waals surface area contributed by atoms with E-state index in [4.69, 9.17) is 4.74 Å². The quantitative estimate of drug-likeness (QED) is 0.425. The standard InChI is InChI=1S/C21H15F3N4O4/c1-32-14-4-3-13-10-28(17(29)15(13)8-14)11-20(18(30)26-19(31)27-20)7-6-12-2-5-16(25-9-12)21(22,23)24/h2-5,8-10,29H,11H2,1H3,(H2,26,27,30,31)/t20-/m1/s1. The zero-order chi connectivity index (χ0) is 23.1. The number of fused-ring (bicyclic) bond motifs is 1. The highest BCUT2D eigenvalue weighted by Crippen LogP contribution is 2.32. The summed E-state index contributed by atoms with van der Waals surface area (Å²) in [5.41, 5.74) is -2.74. The minimum absolute atomic E-state index is 0.109. The Hall–Kier alpha value is -4.20. The molecule has 1 aliphatic heterocycles. The molecule has 3 heterocycles.